The van der Waals surface area contributed by atoms with Gasteiger partial charge in [-0.2, -0.15) is 0 Å². The van der Waals surface area contributed by atoms with Crippen molar-refractivity contribution in [2.75, 3.05) is 26.3 Å². The molecule has 2 unspecified atom stereocenters. The number of hydrogen-bond acceptors (Lipinski definition) is 4. The van der Waals surface area contributed by atoms with Gasteiger partial charge in [-0.15, -0.1) is 0 Å². The van der Waals surface area contributed by atoms with Crippen LogP contribution in [0.1, 0.15) is 19.3 Å². The number of carboxylic acids is 1. The lowest BCUT2D eigenvalue weighted by molar-refractivity contribution is -0.166. The largest absolute Gasteiger partial charge is 0.479 e. The SMILES string of the molecule is O=C(O)C1CN(CC2CCCCO2)C(=O)CO1. The zero-order valence-corrected chi connectivity index (χ0v) is 9.63. The highest BCUT2D eigenvalue weighted by molar-refractivity contribution is 5.81. The van der Waals surface area contributed by atoms with Crippen molar-refractivity contribution in [3.05, 3.63) is 0 Å². The van der Waals surface area contributed by atoms with Gasteiger partial charge in [0.05, 0.1) is 12.6 Å². The maximum absolute atomic E-state index is 11.6. The molecule has 0 bridgehead atoms. The smallest absolute Gasteiger partial charge is 0.334 e. The van der Waals surface area contributed by atoms with Crippen molar-refractivity contribution < 1.29 is 24.2 Å². The lowest BCUT2D eigenvalue weighted by Crippen LogP contribution is -2.52. The Labute approximate surface area is 99.5 Å². The predicted molar refractivity (Wildman–Crippen MR) is 57.5 cm³/mol. The number of carboxylic acid groups (broad SMARTS) is 1. The molecule has 1 amide bonds. The lowest BCUT2D eigenvalue weighted by atomic mass is 10.1. The van der Waals surface area contributed by atoms with Gasteiger partial charge in [0.15, 0.2) is 6.10 Å². The van der Waals surface area contributed by atoms with Crippen molar-refractivity contribution in [2.24, 2.45) is 0 Å². The van der Waals surface area contributed by atoms with Crippen molar-refractivity contribution in [3.63, 3.8) is 0 Å². The van der Waals surface area contributed by atoms with E-state index < -0.39 is 12.1 Å². The summed E-state index contributed by atoms with van der Waals surface area (Å²) in [6.07, 6.45) is 2.23. The molecule has 6 heteroatoms. The molecule has 0 aromatic heterocycles. The van der Waals surface area contributed by atoms with Crippen molar-refractivity contribution in [1.29, 1.82) is 0 Å². The summed E-state index contributed by atoms with van der Waals surface area (Å²) in [6.45, 7) is 1.18. The van der Waals surface area contributed by atoms with E-state index in [1.54, 1.807) is 0 Å². The van der Waals surface area contributed by atoms with E-state index in [1.807, 2.05) is 0 Å². The third-order valence-electron chi connectivity index (χ3n) is 3.12. The van der Waals surface area contributed by atoms with Crippen molar-refractivity contribution >= 4 is 11.9 Å². The van der Waals surface area contributed by atoms with Crippen molar-refractivity contribution in [3.8, 4) is 0 Å². The molecule has 2 heterocycles. The van der Waals surface area contributed by atoms with Crippen LogP contribution in [0.25, 0.3) is 0 Å². The highest BCUT2D eigenvalue weighted by Crippen LogP contribution is 2.16. The van der Waals surface area contributed by atoms with Gasteiger partial charge in [-0.1, -0.05) is 0 Å². The van der Waals surface area contributed by atoms with Gasteiger partial charge in [-0.25, -0.2) is 4.79 Å². The Bertz CT molecular complexity index is 300. The molecule has 2 aliphatic rings. The Balaban J connectivity index is 1.88. The van der Waals surface area contributed by atoms with Crippen LogP contribution in [-0.4, -0.2) is 60.4 Å². The van der Waals surface area contributed by atoms with Crippen LogP contribution in [0.3, 0.4) is 0 Å². The number of ether oxygens (including phenoxy) is 2. The standard InChI is InChI=1S/C11H17NO5/c13-10-7-17-9(11(14)15)6-12(10)5-8-3-1-2-4-16-8/h8-9H,1-7H2,(H,14,15). The fourth-order valence-corrected chi connectivity index (χ4v) is 2.14. The highest BCUT2D eigenvalue weighted by atomic mass is 16.5. The first-order chi connectivity index (χ1) is 8.16. The van der Waals surface area contributed by atoms with E-state index in [4.69, 9.17) is 14.6 Å². The molecule has 1 N–H and O–H groups in total. The zero-order chi connectivity index (χ0) is 12.3. The number of nitrogens with zero attached hydrogens (tertiary/aromatic N) is 1. The van der Waals surface area contributed by atoms with E-state index in [9.17, 15) is 9.59 Å². The van der Waals surface area contributed by atoms with Crippen LogP contribution in [0.2, 0.25) is 0 Å². The Kier molecular flexibility index (Phi) is 3.96. The highest BCUT2D eigenvalue weighted by Gasteiger charge is 2.32. The van der Waals surface area contributed by atoms with Gasteiger partial charge < -0.3 is 19.5 Å². The minimum atomic E-state index is -1.02. The van der Waals surface area contributed by atoms with E-state index in [1.165, 1.54) is 4.90 Å². The summed E-state index contributed by atoms with van der Waals surface area (Å²) in [5.41, 5.74) is 0. The van der Waals surface area contributed by atoms with Gasteiger partial charge in [0.25, 0.3) is 0 Å². The number of carbonyl (C=O) groups is 2. The van der Waals surface area contributed by atoms with Crippen LogP contribution < -0.4 is 0 Å². The summed E-state index contributed by atoms with van der Waals surface area (Å²) in [5.74, 6) is -1.18. The van der Waals surface area contributed by atoms with Crippen molar-refractivity contribution in [1.82, 2.24) is 4.90 Å². The first-order valence-corrected chi connectivity index (χ1v) is 5.90. The average Bonchev–Trinajstić information content (AvgIpc) is 2.33. The van der Waals surface area contributed by atoms with Gasteiger partial charge >= 0.3 is 5.97 Å². The van der Waals surface area contributed by atoms with E-state index in [2.05, 4.69) is 0 Å². The number of rotatable bonds is 3. The van der Waals surface area contributed by atoms with E-state index in [0.29, 0.717) is 6.54 Å². The van der Waals surface area contributed by atoms with Crippen LogP contribution in [0.15, 0.2) is 0 Å². The van der Waals surface area contributed by atoms with Gasteiger partial charge in [0.1, 0.15) is 6.61 Å². The topological polar surface area (TPSA) is 76.1 Å². The minimum absolute atomic E-state index is 0.0419. The predicted octanol–water partition coefficient (Wildman–Crippen LogP) is -0.133. The van der Waals surface area contributed by atoms with Gasteiger partial charge in [0.2, 0.25) is 5.91 Å². The van der Waals surface area contributed by atoms with Crippen LogP contribution in [-0.2, 0) is 19.1 Å². The van der Waals surface area contributed by atoms with E-state index in [0.717, 1.165) is 25.9 Å². The summed E-state index contributed by atoms with van der Waals surface area (Å²) in [5, 5.41) is 8.85. The number of morpholine rings is 1. The molecule has 0 aromatic carbocycles. The monoisotopic (exact) mass is 243 g/mol. The van der Waals surface area contributed by atoms with Crippen LogP contribution in [0.5, 0.6) is 0 Å². The molecule has 2 rings (SSSR count). The third-order valence-corrected chi connectivity index (χ3v) is 3.12. The van der Waals surface area contributed by atoms with Gasteiger partial charge in [-0.3, -0.25) is 4.79 Å². The van der Waals surface area contributed by atoms with Gasteiger partial charge in [-0.05, 0) is 19.3 Å². The van der Waals surface area contributed by atoms with E-state index in [-0.39, 0.29) is 25.2 Å². The van der Waals surface area contributed by atoms with Gasteiger partial charge in [0, 0.05) is 13.2 Å². The molecule has 0 saturated carbocycles. The normalized spacial score (nSPS) is 30.4. The number of amides is 1. The molecule has 0 aromatic rings. The molecule has 2 aliphatic heterocycles. The fourth-order valence-electron chi connectivity index (χ4n) is 2.14. The molecule has 6 nitrogen and oxygen atoms in total. The summed E-state index contributed by atoms with van der Waals surface area (Å²) in [6, 6.07) is 0. The molecule has 17 heavy (non-hydrogen) atoms. The number of carbonyl (C=O) groups excluding carboxylic acids is 1. The molecule has 2 fully saturated rings. The Morgan fingerprint density at radius 3 is 2.88 bits per heavy atom. The minimum Gasteiger partial charge on any atom is -0.479 e. The lowest BCUT2D eigenvalue weighted by Gasteiger charge is -2.34. The first kappa shape index (κ1) is 12.3. The second-order valence-electron chi connectivity index (χ2n) is 4.43. The summed E-state index contributed by atoms with van der Waals surface area (Å²) < 4.78 is 10.5. The second-order valence-corrected chi connectivity index (χ2v) is 4.43. The first-order valence-electron chi connectivity index (χ1n) is 5.90. The third kappa shape index (κ3) is 3.17. The Hall–Kier alpha value is -1.14. The molecule has 96 valence electrons. The molecular formula is C11H17NO5. The molecular weight excluding hydrogens is 226 g/mol. The average molecular weight is 243 g/mol. The van der Waals surface area contributed by atoms with Crippen molar-refractivity contribution in [2.45, 2.75) is 31.5 Å². The molecule has 2 saturated heterocycles. The second kappa shape index (κ2) is 5.46. The molecule has 2 atom stereocenters. The van der Waals surface area contributed by atoms with Crippen LogP contribution in [0, 0.1) is 0 Å². The maximum Gasteiger partial charge on any atom is 0.334 e. The molecule has 0 aliphatic carbocycles. The van der Waals surface area contributed by atoms with Crippen LogP contribution >= 0.6 is 0 Å². The zero-order valence-electron chi connectivity index (χ0n) is 9.63. The molecule has 0 radical (unpaired) electrons. The van der Waals surface area contributed by atoms with E-state index >= 15 is 0 Å². The summed E-state index contributed by atoms with van der Waals surface area (Å²) in [4.78, 5) is 23.9. The quantitative estimate of drug-likeness (QED) is 0.747. The summed E-state index contributed by atoms with van der Waals surface area (Å²) >= 11 is 0. The maximum atomic E-state index is 11.6. The van der Waals surface area contributed by atoms with Crippen LogP contribution in [0.4, 0.5) is 0 Å². The number of hydrogen-bond donors (Lipinski definition) is 1. The summed E-state index contributed by atoms with van der Waals surface area (Å²) in [7, 11) is 0. The molecule has 0 spiro atoms. The fraction of sp³-hybridized carbons (Fsp3) is 0.818. The number of aliphatic carboxylic acids is 1. The Morgan fingerprint density at radius 1 is 1.41 bits per heavy atom. The Morgan fingerprint density at radius 2 is 2.24 bits per heavy atom.